The summed E-state index contributed by atoms with van der Waals surface area (Å²) in [5.41, 5.74) is 6.73. The summed E-state index contributed by atoms with van der Waals surface area (Å²) in [6, 6.07) is 24.1. The van der Waals surface area contributed by atoms with Crippen LogP contribution >= 0.6 is 0 Å². The van der Waals surface area contributed by atoms with Crippen molar-refractivity contribution < 1.29 is 8.42 Å². The molecule has 0 saturated heterocycles. The molecule has 0 spiro atoms. The summed E-state index contributed by atoms with van der Waals surface area (Å²) in [5, 5.41) is 0. The maximum atomic E-state index is 13.3. The fourth-order valence-corrected chi connectivity index (χ4v) is 5.73. The Bertz CT molecular complexity index is 1460. The van der Waals surface area contributed by atoms with Gasteiger partial charge in [0.1, 0.15) is 5.71 Å². The number of hydrogen-bond donors (Lipinski definition) is 0. The highest BCUT2D eigenvalue weighted by Gasteiger charge is 2.25. The molecule has 5 heteroatoms. The molecule has 33 heavy (non-hydrogen) atoms. The average molecular weight is 455 g/mol. The Labute approximate surface area is 195 Å². The first-order valence-electron chi connectivity index (χ1n) is 11.3. The van der Waals surface area contributed by atoms with Gasteiger partial charge in [0.05, 0.1) is 16.1 Å². The topological polar surface area (TPSA) is 50.9 Å². The zero-order chi connectivity index (χ0) is 22.8. The lowest BCUT2D eigenvalue weighted by Gasteiger charge is -2.13. The number of rotatable bonds is 5. The minimum Gasteiger partial charge on any atom is -0.314 e. The van der Waals surface area contributed by atoms with Crippen LogP contribution in [-0.2, 0) is 10.0 Å². The van der Waals surface area contributed by atoms with E-state index in [1.54, 1.807) is 30.3 Å². The molecule has 0 radical (unpaired) electrons. The molecule has 0 amide bonds. The highest BCUT2D eigenvalue weighted by atomic mass is 32.2. The number of fused-ring (bicyclic) bond motifs is 1. The van der Waals surface area contributed by atoms with Crippen molar-refractivity contribution in [2.75, 3.05) is 0 Å². The van der Waals surface area contributed by atoms with Gasteiger partial charge >= 0.3 is 0 Å². The molecular formula is C28H26N2O2S. The van der Waals surface area contributed by atoms with Crippen LogP contribution in [0, 0.1) is 6.92 Å². The summed E-state index contributed by atoms with van der Waals surface area (Å²) in [6.07, 6.45) is 8.84. The van der Waals surface area contributed by atoms with E-state index in [9.17, 15) is 8.42 Å². The van der Waals surface area contributed by atoms with Crippen LogP contribution < -0.4 is 0 Å². The molecule has 0 fully saturated rings. The monoisotopic (exact) mass is 454 g/mol. The van der Waals surface area contributed by atoms with Crippen LogP contribution in [0.4, 0.5) is 0 Å². The van der Waals surface area contributed by atoms with Gasteiger partial charge in [-0.05, 0) is 68.0 Å². The molecule has 4 nitrogen and oxygen atoms in total. The molecule has 2 heterocycles. The van der Waals surface area contributed by atoms with Gasteiger partial charge in [0, 0.05) is 17.3 Å². The van der Waals surface area contributed by atoms with Crippen LogP contribution in [0.3, 0.4) is 0 Å². The normalized spacial score (nSPS) is 14.9. The summed E-state index contributed by atoms with van der Waals surface area (Å²) in [7, 11) is -3.90. The molecule has 0 unspecified atom stereocenters. The minimum atomic E-state index is -3.90. The molecule has 0 atom stereocenters. The van der Waals surface area contributed by atoms with Crippen molar-refractivity contribution in [1.82, 2.24) is 4.40 Å². The molecular weight excluding hydrogens is 428 g/mol. The summed E-state index contributed by atoms with van der Waals surface area (Å²) in [5.74, 6) is 0. The van der Waals surface area contributed by atoms with Crippen molar-refractivity contribution in [3.63, 3.8) is 0 Å². The van der Waals surface area contributed by atoms with E-state index in [0.717, 1.165) is 35.2 Å². The summed E-state index contributed by atoms with van der Waals surface area (Å²) in [4.78, 5) is 0.187. The van der Waals surface area contributed by atoms with Gasteiger partial charge in [0.2, 0.25) is 0 Å². The predicted molar refractivity (Wildman–Crippen MR) is 134 cm³/mol. The van der Waals surface area contributed by atoms with Crippen LogP contribution in [0.1, 0.15) is 48.1 Å². The van der Waals surface area contributed by atoms with Crippen molar-refractivity contribution in [2.45, 2.75) is 37.5 Å². The van der Waals surface area contributed by atoms with E-state index < -0.39 is 10.0 Å². The molecule has 2 aromatic heterocycles. The Balaban J connectivity index is 1.81. The fourth-order valence-electron chi connectivity index (χ4n) is 4.69. The van der Waals surface area contributed by atoms with E-state index in [1.165, 1.54) is 24.0 Å². The first-order valence-corrected chi connectivity index (χ1v) is 12.7. The van der Waals surface area contributed by atoms with Crippen molar-refractivity contribution in [3.8, 4) is 0 Å². The zero-order valence-electron chi connectivity index (χ0n) is 18.6. The number of aromatic nitrogens is 1. The summed E-state index contributed by atoms with van der Waals surface area (Å²) in [6.45, 7) is 2.08. The Kier molecular flexibility index (Phi) is 5.73. The van der Waals surface area contributed by atoms with Gasteiger partial charge in [-0.15, -0.1) is 0 Å². The highest BCUT2D eigenvalue weighted by Crippen LogP contribution is 2.36. The fraction of sp³-hybridized carbons (Fsp3) is 0.179. The van der Waals surface area contributed by atoms with Crippen LogP contribution in [-0.4, -0.2) is 18.5 Å². The maximum absolute atomic E-state index is 13.3. The van der Waals surface area contributed by atoms with Crippen LogP contribution in [0.15, 0.2) is 100 Å². The first kappa shape index (κ1) is 21.4. The van der Waals surface area contributed by atoms with E-state index in [0.29, 0.717) is 5.71 Å². The zero-order valence-corrected chi connectivity index (χ0v) is 19.4. The second-order valence-corrected chi connectivity index (χ2v) is 9.98. The Hall–Kier alpha value is -3.44. The van der Waals surface area contributed by atoms with E-state index in [4.69, 9.17) is 0 Å². The Morgan fingerprint density at radius 1 is 0.879 bits per heavy atom. The largest absolute Gasteiger partial charge is 0.314 e. The average Bonchev–Trinajstić information content (AvgIpc) is 3.16. The third-order valence-corrected chi connectivity index (χ3v) is 7.51. The third kappa shape index (κ3) is 4.05. The Morgan fingerprint density at radius 2 is 1.58 bits per heavy atom. The lowest BCUT2D eigenvalue weighted by atomic mass is 9.91. The molecule has 0 N–H and O–H groups in total. The number of nitrogens with zero attached hydrogens (tertiary/aromatic N) is 2. The quantitative estimate of drug-likeness (QED) is 0.326. The van der Waals surface area contributed by atoms with E-state index in [2.05, 4.69) is 27.9 Å². The number of pyridine rings is 1. The van der Waals surface area contributed by atoms with E-state index in [1.807, 2.05) is 48.7 Å². The van der Waals surface area contributed by atoms with Crippen LogP contribution in [0.2, 0.25) is 0 Å². The van der Waals surface area contributed by atoms with Gasteiger partial charge in [-0.2, -0.15) is 12.8 Å². The number of hydrogen-bond acceptors (Lipinski definition) is 2. The maximum Gasteiger partial charge on any atom is 0.282 e. The molecule has 4 aromatic rings. The molecule has 166 valence electrons. The van der Waals surface area contributed by atoms with Crippen LogP contribution in [0.25, 0.3) is 11.1 Å². The molecule has 2 aromatic carbocycles. The van der Waals surface area contributed by atoms with E-state index >= 15 is 0 Å². The molecule has 0 bridgehead atoms. The lowest BCUT2D eigenvalue weighted by Crippen LogP contribution is -2.12. The number of benzene rings is 2. The van der Waals surface area contributed by atoms with Gasteiger partial charge in [0.15, 0.2) is 0 Å². The molecule has 5 rings (SSSR count). The molecule has 1 aliphatic rings. The first-order chi connectivity index (χ1) is 16.1. The van der Waals surface area contributed by atoms with Gasteiger partial charge < -0.3 is 4.40 Å². The van der Waals surface area contributed by atoms with Gasteiger partial charge in [-0.3, -0.25) is 0 Å². The van der Waals surface area contributed by atoms with Gasteiger partial charge in [-0.1, -0.05) is 60.7 Å². The second kappa shape index (κ2) is 8.83. The number of sulfonamides is 1. The smallest absolute Gasteiger partial charge is 0.282 e. The SMILES string of the molecule is Cc1c(C2=CCCCC2)c2ccccn2c1/C(=N/S(=O)(=O)c1ccccc1)c1ccccc1. The number of allylic oxidation sites excluding steroid dienone is 2. The molecule has 0 saturated carbocycles. The minimum absolute atomic E-state index is 0.187. The highest BCUT2D eigenvalue weighted by molar-refractivity contribution is 7.90. The summed E-state index contributed by atoms with van der Waals surface area (Å²) < 4.78 is 33.2. The molecule has 1 aliphatic carbocycles. The van der Waals surface area contributed by atoms with Crippen molar-refractivity contribution in [2.24, 2.45) is 4.40 Å². The molecule has 0 aliphatic heterocycles. The standard InChI is InChI=1S/C28H26N2O2S/c1-21-26(22-13-5-2-6-14-22)25-19-11-12-20-30(25)28(21)27(23-15-7-3-8-16-23)29-33(31,32)24-17-9-4-10-18-24/h3-4,7-13,15-20H,2,5-6,14H2,1H3/b29-27+. The van der Waals surface area contributed by atoms with Crippen molar-refractivity contribution in [1.29, 1.82) is 0 Å². The van der Waals surface area contributed by atoms with Crippen molar-refractivity contribution >= 4 is 26.8 Å². The summed E-state index contributed by atoms with van der Waals surface area (Å²) >= 11 is 0. The third-order valence-electron chi connectivity index (χ3n) is 6.22. The van der Waals surface area contributed by atoms with Gasteiger partial charge in [-0.25, -0.2) is 0 Å². The Morgan fingerprint density at radius 3 is 2.27 bits per heavy atom. The van der Waals surface area contributed by atoms with E-state index in [-0.39, 0.29) is 4.90 Å². The van der Waals surface area contributed by atoms with Crippen molar-refractivity contribution in [3.05, 3.63) is 114 Å². The lowest BCUT2D eigenvalue weighted by molar-refractivity contribution is 0.598. The second-order valence-electron chi connectivity index (χ2n) is 8.37. The van der Waals surface area contributed by atoms with Gasteiger partial charge in [0.25, 0.3) is 10.0 Å². The predicted octanol–water partition coefficient (Wildman–Crippen LogP) is 6.43. The van der Waals surface area contributed by atoms with Crippen LogP contribution in [0.5, 0.6) is 0 Å².